The van der Waals surface area contributed by atoms with Crippen LogP contribution >= 0.6 is 15.9 Å². The Morgan fingerprint density at radius 1 is 1.19 bits per heavy atom. The summed E-state index contributed by atoms with van der Waals surface area (Å²) in [6.07, 6.45) is 3.23. The van der Waals surface area contributed by atoms with Crippen LogP contribution in [0.3, 0.4) is 0 Å². The summed E-state index contributed by atoms with van der Waals surface area (Å²) < 4.78 is 29.0. The summed E-state index contributed by atoms with van der Waals surface area (Å²) in [5.74, 6) is 1.50. The van der Waals surface area contributed by atoms with Gasteiger partial charge in [-0.25, -0.2) is 13.1 Å². The first-order valence-electron chi connectivity index (χ1n) is 7.57. The number of benzene rings is 1. The van der Waals surface area contributed by atoms with Crippen molar-refractivity contribution < 1.29 is 8.42 Å². The first-order chi connectivity index (χ1) is 9.79. The molecule has 1 fully saturated rings. The van der Waals surface area contributed by atoms with Crippen LogP contribution in [0.2, 0.25) is 0 Å². The van der Waals surface area contributed by atoms with Crippen LogP contribution in [-0.2, 0) is 10.0 Å². The molecule has 21 heavy (non-hydrogen) atoms. The fourth-order valence-corrected chi connectivity index (χ4v) is 4.78. The van der Waals surface area contributed by atoms with E-state index in [1.807, 2.05) is 0 Å². The highest BCUT2D eigenvalue weighted by atomic mass is 79.9. The SMILES string of the molecule is CC1CCC(C(C)C)C(NS(=O)(=O)c2ccc(Br)cc2)C1. The summed E-state index contributed by atoms with van der Waals surface area (Å²) >= 11 is 3.33. The quantitative estimate of drug-likeness (QED) is 0.859. The first kappa shape index (κ1) is 17.0. The molecule has 2 rings (SSSR count). The van der Waals surface area contributed by atoms with Crippen molar-refractivity contribution in [1.29, 1.82) is 0 Å². The molecule has 0 saturated heterocycles. The van der Waals surface area contributed by atoms with E-state index in [1.54, 1.807) is 24.3 Å². The molecular weight excluding hydrogens is 350 g/mol. The zero-order chi connectivity index (χ0) is 15.6. The molecule has 1 N–H and O–H groups in total. The highest BCUT2D eigenvalue weighted by molar-refractivity contribution is 9.10. The number of rotatable bonds is 4. The maximum absolute atomic E-state index is 12.6. The van der Waals surface area contributed by atoms with Crippen LogP contribution in [0, 0.1) is 17.8 Å². The van der Waals surface area contributed by atoms with Crippen LogP contribution in [0.1, 0.15) is 40.0 Å². The summed E-state index contributed by atoms with van der Waals surface area (Å²) in [6, 6.07) is 6.85. The van der Waals surface area contributed by atoms with Gasteiger partial charge in [0.15, 0.2) is 0 Å². The smallest absolute Gasteiger partial charge is 0.208 e. The van der Waals surface area contributed by atoms with E-state index < -0.39 is 10.0 Å². The molecule has 3 unspecified atom stereocenters. The minimum Gasteiger partial charge on any atom is -0.208 e. The Hall–Kier alpha value is -0.390. The molecule has 1 aromatic carbocycles. The Kier molecular flexibility index (Phi) is 5.49. The van der Waals surface area contributed by atoms with Crippen molar-refractivity contribution in [3.8, 4) is 0 Å². The molecule has 0 radical (unpaired) electrons. The van der Waals surface area contributed by atoms with Gasteiger partial charge in [0.2, 0.25) is 10.0 Å². The summed E-state index contributed by atoms with van der Waals surface area (Å²) in [4.78, 5) is 0.339. The van der Waals surface area contributed by atoms with Gasteiger partial charge in [-0.1, -0.05) is 43.1 Å². The standard InChI is InChI=1S/C16H24BrNO2S/c1-11(2)15-9-4-12(3)10-16(15)18-21(19,20)14-7-5-13(17)6-8-14/h5-8,11-12,15-16,18H,4,9-10H2,1-3H3. The number of hydrogen-bond donors (Lipinski definition) is 1. The van der Waals surface area contributed by atoms with Gasteiger partial charge in [0, 0.05) is 10.5 Å². The lowest BCUT2D eigenvalue weighted by Crippen LogP contribution is -2.45. The van der Waals surface area contributed by atoms with Gasteiger partial charge in [-0.3, -0.25) is 0 Å². The molecule has 0 aliphatic heterocycles. The monoisotopic (exact) mass is 373 g/mol. The zero-order valence-corrected chi connectivity index (χ0v) is 15.2. The van der Waals surface area contributed by atoms with Crippen molar-refractivity contribution in [3.63, 3.8) is 0 Å². The minimum atomic E-state index is -3.44. The fraction of sp³-hybridized carbons (Fsp3) is 0.625. The highest BCUT2D eigenvalue weighted by Gasteiger charge is 2.33. The molecule has 1 aromatic rings. The van der Waals surface area contributed by atoms with Crippen molar-refractivity contribution in [2.45, 2.75) is 51.0 Å². The fourth-order valence-electron chi connectivity index (χ4n) is 3.22. The number of hydrogen-bond acceptors (Lipinski definition) is 2. The zero-order valence-electron chi connectivity index (χ0n) is 12.8. The van der Waals surface area contributed by atoms with Gasteiger partial charge in [0.1, 0.15) is 0 Å². The topological polar surface area (TPSA) is 46.2 Å². The van der Waals surface area contributed by atoms with Crippen LogP contribution in [0.25, 0.3) is 0 Å². The average molecular weight is 374 g/mol. The molecule has 3 atom stereocenters. The summed E-state index contributed by atoms with van der Waals surface area (Å²) in [5.41, 5.74) is 0. The molecule has 118 valence electrons. The van der Waals surface area contributed by atoms with Gasteiger partial charge >= 0.3 is 0 Å². The molecule has 0 amide bonds. The third-order valence-electron chi connectivity index (χ3n) is 4.45. The van der Waals surface area contributed by atoms with Gasteiger partial charge in [0.25, 0.3) is 0 Å². The highest BCUT2D eigenvalue weighted by Crippen LogP contribution is 2.34. The van der Waals surface area contributed by atoms with Crippen LogP contribution in [-0.4, -0.2) is 14.5 Å². The lowest BCUT2D eigenvalue weighted by Gasteiger charge is -2.37. The van der Waals surface area contributed by atoms with Gasteiger partial charge in [0.05, 0.1) is 4.90 Å². The number of nitrogens with one attached hydrogen (secondary N) is 1. The van der Waals surface area contributed by atoms with Crippen LogP contribution in [0.15, 0.2) is 33.6 Å². The second-order valence-corrected chi connectivity index (χ2v) is 9.14. The predicted octanol–water partition coefficient (Wildman–Crippen LogP) is 4.19. The molecule has 0 bridgehead atoms. The van der Waals surface area contributed by atoms with Crippen molar-refractivity contribution in [2.24, 2.45) is 17.8 Å². The van der Waals surface area contributed by atoms with Crippen LogP contribution in [0.4, 0.5) is 0 Å². The van der Waals surface area contributed by atoms with Gasteiger partial charge in [-0.05, 0) is 54.9 Å². The molecular formula is C16H24BrNO2S. The van der Waals surface area contributed by atoms with E-state index in [0.29, 0.717) is 22.6 Å². The lowest BCUT2D eigenvalue weighted by molar-refractivity contribution is 0.188. The molecule has 0 aromatic heterocycles. The van der Waals surface area contributed by atoms with E-state index in [-0.39, 0.29) is 6.04 Å². The summed E-state index contributed by atoms with van der Waals surface area (Å²) in [5, 5.41) is 0. The van der Waals surface area contributed by atoms with E-state index in [2.05, 4.69) is 41.4 Å². The van der Waals surface area contributed by atoms with Crippen LogP contribution in [0.5, 0.6) is 0 Å². The molecule has 3 nitrogen and oxygen atoms in total. The van der Waals surface area contributed by atoms with E-state index in [9.17, 15) is 8.42 Å². The number of halogens is 1. The maximum atomic E-state index is 12.6. The Labute approximate surface area is 136 Å². The molecule has 5 heteroatoms. The molecule has 1 aliphatic rings. The largest absolute Gasteiger partial charge is 0.240 e. The van der Waals surface area contributed by atoms with Crippen LogP contribution < -0.4 is 4.72 Å². The Morgan fingerprint density at radius 3 is 2.38 bits per heavy atom. The summed E-state index contributed by atoms with van der Waals surface area (Å²) in [6.45, 7) is 6.57. The maximum Gasteiger partial charge on any atom is 0.240 e. The lowest BCUT2D eigenvalue weighted by atomic mass is 9.74. The average Bonchev–Trinajstić information content (AvgIpc) is 2.38. The molecule has 1 saturated carbocycles. The number of sulfonamides is 1. The van der Waals surface area contributed by atoms with E-state index in [4.69, 9.17) is 0 Å². The van der Waals surface area contributed by atoms with E-state index in [1.165, 1.54) is 6.42 Å². The first-order valence-corrected chi connectivity index (χ1v) is 9.85. The third kappa shape index (κ3) is 4.30. The third-order valence-corrected chi connectivity index (χ3v) is 6.49. The second kappa shape index (κ2) is 6.80. The van der Waals surface area contributed by atoms with Crippen molar-refractivity contribution >= 4 is 26.0 Å². The van der Waals surface area contributed by atoms with E-state index >= 15 is 0 Å². The Morgan fingerprint density at radius 2 is 1.81 bits per heavy atom. The molecule has 0 heterocycles. The van der Waals surface area contributed by atoms with E-state index in [0.717, 1.165) is 17.3 Å². The Bertz CT molecular complexity index is 568. The molecule has 0 spiro atoms. The van der Waals surface area contributed by atoms with Crippen molar-refractivity contribution in [3.05, 3.63) is 28.7 Å². The predicted molar refractivity (Wildman–Crippen MR) is 89.6 cm³/mol. The van der Waals surface area contributed by atoms with Crippen molar-refractivity contribution in [2.75, 3.05) is 0 Å². The minimum absolute atomic E-state index is 0.0439. The second-order valence-electron chi connectivity index (χ2n) is 6.51. The van der Waals surface area contributed by atoms with Gasteiger partial charge < -0.3 is 0 Å². The normalized spacial score (nSPS) is 27.0. The van der Waals surface area contributed by atoms with Gasteiger partial charge in [-0.2, -0.15) is 0 Å². The van der Waals surface area contributed by atoms with Crippen molar-refractivity contribution in [1.82, 2.24) is 4.72 Å². The summed E-state index contributed by atoms with van der Waals surface area (Å²) in [7, 11) is -3.44. The van der Waals surface area contributed by atoms with Gasteiger partial charge in [-0.15, -0.1) is 0 Å². The Balaban J connectivity index is 2.19. The molecule has 1 aliphatic carbocycles.